The second-order valence-electron chi connectivity index (χ2n) is 8.57. The predicted molar refractivity (Wildman–Crippen MR) is 121 cm³/mol. The Hall–Kier alpha value is -3.35. The topological polar surface area (TPSA) is 105 Å². The normalized spacial score (nSPS) is 15.1. The molecule has 2 aromatic carbocycles. The molecule has 7 nitrogen and oxygen atoms in total. The standard InChI is InChI=1S/C25H30N2O5/c1-4-25(3,23(30)27-16(2)13-22(28)29)15-26-24(31)32-14-21-19-11-7-5-9-17(19)18-10-6-8-12-20(18)21/h5-12,16,21H,4,13-15H2,1-3H3,(H,26,31)(H,27,30)(H,28,29). The Morgan fingerprint density at radius 3 is 2.16 bits per heavy atom. The third kappa shape index (κ3) is 5.10. The number of carbonyl (C=O) groups is 3. The summed E-state index contributed by atoms with van der Waals surface area (Å²) in [6.07, 6.45) is -0.272. The maximum absolute atomic E-state index is 12.6. The molecule has 0 aromatic heterocycles. The van der Waals surface area contributed by atoms with Crippen molar-refractivity contribution in [3.05, 3.63) is 59.7 Å². The lowest BCUT2D eigenvalue weighted by Crippen LogP contribution is -2.49. The van der Waals surface area contributed by atoms with Crippen LogP contribution in [0.15, 0.2) is 48.5 Å². The van der Waals surface area contributed by atoms with Gasteiger partial charge in [0.2, 0.25) is 5.91 Å². The highest BCUT2D eigenvalue weighted by molar-refractivity contribution is 5.84. The van der Waals surface area contributed by atoms with Gasteiger partial charge in [0.15, 0.2) is 0 Å². The van der Waals surface area contributed by atoms with Gasteiger partial charge in [-0.1, -0.05) is 55.5 Å². The number of rotatable bonds is 9. The first-order valence-corrected chi connectivity index (χ1v) is 10.9. The van der Waals surface area contributed by atoms with Gasteiger partial charge < -0.3 is 20.5 Å². The van der Waals surface area contributed by atoms with E-state index in [1.165, 1.54) is 0 Å². The third-order valence-corrected chi connectivity index (χ3v) is 6.15. The van der Waals surface area contributed by atoms with Crippen molar-refractivity contribution >= 4 is 18.0 Å². The van der Waals surface area contributed by atoms with Crippen molar-refractivity contribution in [2.24, 2.45) is 5.41 Å². The van der Waals surface area contributed by atoms with Gasteiger partial charge in [-0.3, -0.25) is 9.59 Å². The van der Waals surface area contributed by atoms with Crippen molar-refractivity contribution in [2.75, 3.05) is 13.2 Å². The molecule has 0 saturated carbocycles. The summed E-state index contributed by atoms with van der Waals surface area (Å²) in [5, 5.41) is 14.3. The monoisotopic (exact) mass is 438 g/mol. The quantitative estimate of drug-likeness (QED) is 0.550. The molecule has 0 heterocycles. The van der Waals surface area contributed by atoms with Gasteiger partial charge in [-0.25, -0.2) is 4.79 Å². The zero-order valence-electron chi connectivity index (χ0n) is 18.7. The molecular formula is C25H30N2O5. The van der Waals surface area contributed by atoms with Gasteiger partial charge in [0.05, 0.1) is 11.8 Å². The molecule has 3 rings (SSSR count). The summed E-state index contributed by atoms with van der Waals surface area (Å²) in [6, 6.07) is 15.7. The summed E-state index contributed by atoms with van der Waals surface area (Å²) >= 11 is 0. The molecule has 0 spiro atoms. The van der Waals surface area contributed by atoms with Crippen molar-refractivity contribution in [2.45, 2.75) is 45.6 Å². The zero-order valence-corrected chi connectivity index (χ0v) is 18.7. The number of alkyl carbamates (subject to hydrolysis) is 1. The minimum Gasteiger partial charge on any atom is -0.481 e. The molecule has 2 unspecified atom stereocenters. The van der Waals surface area contributed by atoms with E-state index in [9.17, 15) is 14.4 Å². The summed E-state index contributed by atoms with van der Waals surface area (Å²) < 4.78 is 5.53. The van der Waals surface area contributed by atoms with Crippen LogP contribution in [0.5, 0.6) is 0 Å². The third-order valence-electron chi connectivity index (χ3n) is 6.15. The van der Waals surface area contributed by atoms with Crippen molar-refractivity contribution < 1.29 is 24.2 Å². The van der Waals surface area contributed by atoms with Crippen LogP contribution in [0.1, 0.15) is 50.7 Å². The van der Waals surface area contributed by atoms with Gasteiger partial charge in [-0.2, -0.15) is 0 Å². The molecule has 0 saturated heterocycles. The minimum absolute atomic E-state index is 0.0362. The van der Waals surface area contributed by atoms with Crippen LogP contribution in [0.25, 0.3) is 11.1 Å². The van der Waals surface area contributed by atoms with Crippen LogP contribution < -0.4 is 10.6 Å². The summed E-state index contributed by atoms with van der Waals surface area (Å²) in [6.45, 7) is 5.51. The summed E-state index contributed by atoms with van der Waals surface area (Å²) in [5.74, 6) is -1.31. The first-order valence-electron chi connectivity index (χ1n) is 10.9. The number of amides is 2. The van der Waals surface area contributed by atoms with Crippen molar-refractivity contribution in [3.63, 3.8) is 0 Å². The van der Waals surface area contributed by atoms with E-state index in [2.05, 4.69) is 34.9 Å². The van der Waals surface area contributed by atoms with Crippen LogP contribution >= 0.6 is 0 Å². The van der Waals surface area contributed by atoms with Gasteiger partial charge in [0.25, 0.3) is 0 Å². The van der Waals surface area contributed by atoms with Gasteiger partial charge in [0, 0.05) is 18.5 Å². The Morgan fingerprint density at radius 1 is 1.06 bits per heavy atom. The van der Waals surface area contributed by atoms with E-state index >= 15 is 0 Å². The van der Waals surface area contributed by atoms with Crippen LogP contribution in [-0.4, -0.2) is 42.3 Å². The Labute approximate surface area is 188 Å². The number of ether oxygens (including phenoxy) is 1. The van der Waals surface area contributed by atoms with Gasteiger partial charge in [-0.05, 0) is 42.5 Å². The predicted octanol–water partition coefficient (Wildman–Crippen LogP) is 3.92. The van der Waals surface area contributed by atoms with Crippen LogP contribution in [0.3, 0.4) is 0 Å². The molecule has 2 atom stereocenters. The first kappa shape index (κ1) is 23.3. The second-order valence-corrected chi connectivity index (χ2v) is 8.57. The van der Waals surface area contributed by atoms with Crippen molar-refractivity contribution in [3.8, 4) is 11.1 Å². The lowest BCUT2D eigenvalue weighted by Gasteiger charge is -2.28. The fraction of sp³-hybridized carbons (Fsp3) is 0.400. The average Bonchev–Trinajstić information content (AvgIpc) is 3.09. The van der Waals surface area contributed by atoms with E-state index in [1.54, 1.807) is 13.8 Å². The number of aliphatic carboxylic acids is 1. The molecule has 3 N–H and O–H groups in total. The number of carboxylic acid groups (broad SMARTS) is 1. The molecule has 1 aliphatic rings. The zero-order chi connectivity index (χ0) is 23.3. The molecule has 7 heteroatoms. The number of fused-ring (bicyclic) bond motifs is 3. The van der Waals surface area contributed by atoms with E-state index in [0.717, 1.165) is 22.3 Å². The van der Waals surface area contributed by atoms with Crippen LogP contribution in [0.4, 0.5) is 4.79 Å². The van der Waals surface area contributed by atoms with Gasteiger partial charge in [0.1, 0.15) is 6.61 Å². The van der Waals surface area contributed by atoms with Crippen molar-refractivity contribution in [1.29, 1.82) is 0 Å². The van der Waals surface area contributed by atoms with E-state index < -0.39 is 23.5 Å². The molecule has 2 amide bonds. The van der Waals surface area contributed by atoms with Crippen molar-refractivity contribution in [1.82, 2.24) is 10.6 Å². The maximum atomic E-state index is 12.6. The summed E-state index contributed by atoms with van der Waals surface area (Å²) in [4.78, 5) is 35.9. The molecular weight excluding hydrogens is 408 g/mol. The minimum atomic E-state index is -0.979. The highest BCUT2D eigenvalue weighted by Gasteiger charge is 2.33. The first-order chi connectivity index (χ1) is 15.2. The van der Waals surface area contributed by atoms with Gasteiger partial charge in [-0.15, -0.1) is 0 Å². The van der Waals surface area contributed by atoms with Gasteiger partial charge >= 0.3 is 12.1 Å². The molecule has 0 radical (unpaired) electrons. The number of carboxylic acids is 1. The SMILES string of the molecule is CCC(C)(CNC(=O)OCC1c2ccccc2-c2ccccc21)C(=O)NC(C)CC(=O)O. The number of nitrogens with one attached hydrogen (secondary N) is 2. The summed E-state index contributed by atoms with van der Waals surface area (Å²) in [5.41, 5.74) is 3.70. The Morgan fingerprint density at radius 2 is 1.62 bits per heavy atom. The molecule has 1 aliphatic carbocycles. The lowest BCUT2D eigenvalue weighted by atomic mass is 9.86. The van der Waals surface area contributed by atoms with E-state index in [1.807, 2.05) is 31.2 Å². The van der Waals surface area contributed by atoms with E-state index in [0.29, 0.717) is 6.42 Å². The van der Waals surface area contributed by atoms with Crippen LogP contribution in [-0.2, 0) is 14.3 Å². The molecule has 2 aromatic rings. The summed E-state index contributed by atoms with van der Waals surface area (Å²) in [7, 11) is 0. The molecule has 170 valence electrons. The van der Waals surface area contributed by atoms with E-state index in [-0.39, 0.29) is 31.4 Å². The highest BCUT2D eigenvalue weighted by atomic mass is 16.5. The number of hydrogen-bond donors (Lipinski definition) is 3. The second kappa shape index (κ2) is 9.85. The molecule has 32 heavy (non-hydrogen) atoms. The number of benzene rings is 2. The average molecular weight is 439 g/mol. The van der Waals surface area contributed by atoms with E-state index in [4.69, 9.17) is 9.84 Å². The molecule has 0 bridgehead atoms. The number of carbonyl (C=O) groups excluding carboxylic acids is 2. The smallest absolute Gasteiger partial charge is 0.407 e. The molecule has 0 fully saturated rings. The largest absolute Gasteiger partial charge is 0.481 e. The van der Waals surface area contributed by atoms with Crippen LogP contribution in [0, 0.1) is 5.41 Å². The Kier molecular flexibility index (Phi) is 7.18. The Bertz CT molecular complexity index is 960. The number of hydrogen-bond acceptors (Lipinski definition) is 4. The maximum Gasteiger partial charge on any atom is 0.407 e. The lowest BCUT2D eigenvalue weighted by molar-refractivity contribution is -0.138. The fourth-order valence-electron chi connectivity index (χ4n) is 3.99. The highest BCUT2D eigenvalue weighted by Crippen LogP contribution is 2.44. The Balaban J connectivity index is 1.58. The molecule has 0 aliphatic heterocycles. The van der Waals surface area contributed by atoms with Crippen LogP contribution in [0.2, 0.25) is 0 Å². The fourth-order valence-corrected chi connectivity index (χ4v) is 3.99.